The highest BCUT2D eigenvalue weighted by molar-refractivity contribution is 7.13. The molecule has 0 aliphatic carbocycles. The molecule has 1 heterocycles. The third kappa shape index (κ3) is 2.48. The molecule has 0 N–H and O–H groups in total. The van der Waals surface area contributed by atoms with Gasteiger partial charge in [0.15, 0.2) is 5.69 Å². The second kappa shape index (κ2) is 4.85. The van der Waals surface area contributed by atoms with Crippen LogP contribution in [-0.2, 0) is 4.74 Å². The summed E-state index contributed by atoms with van der Waals surface area (Å²) in [6.07, 6.45) is 0. The first-order chi connectivity index (χ1) is 8.11. The first-order valence-electron chi connectivity index (χ1n) is 4.92. The number of aryl methyl sites for hydroxylation is 1. The first-order valence-corrected chi connectivity index (χ1v) is 6.18. The predicted molar refractivity (Wildman–Crippen MR) is 68.6 cm³/mol. The van der Waals surface area contributed by atoms with Crippen molar-refractivity contribution in [2.24, 2.45) is 0 Å². The van der Waals surface area contributed by atoms with E-state index in [1.807, 2.05) is 25.1 Å². The van der Waals surface area contributed by atoms with Crippen LogP contribution in [0.3, 0.4) is 0 Å². The van der Waals surface area contributed by atoms with E-state index in [4.69, 9.17) is 11.6 Å². The molecule has 0 aliphatic heterocycles. The standard InChI is InChI=1S/C12H10ClNO2S/c1-7-3-4-8(5-9(7)13)11-14-10(6-17-11)12(15)16-2/h3-6H,1-2H3. The molecule has 0 radical (unpaired) electrons. The van der Waals surface area contributed by atoms with Crippen molar-refractivity contribution in [3.8, 4) is 10.6 Å². The van der Waals surface area contributed by atoms with E-state index < -0.39 is 5.97 Å². The van der Waals surface area contributed by atoms with E-state index in [1.54, 1.807) is 5.38 Å². The zero-order valence-electron chi connectivity index (χ0n) is 9.36. The minimum absolute atomic E-state index is 0.323. The molecular formula is C12H10ClNO2S. The van der Waals surface area contributed by atoms with Gasteiger partial charge in [-0.25, -0.2) is 9.78 Å². The maximum Gasteiger partial charge on any atom is 0.357 e. The van der Waals surface area contributed by atoms with Gasteiger partial charge in [-0.05, 0) is 18.6 Å². The molecule has 2 aromatic rings. The molecule has 1 aromatic heterocycles. The molecule has 17 heavy (non-hydrogen) atoms. The normalized spacial score (nSPS) is 10.3. The number of nitrogens with zero attached hydrogens (tertiary/aromatic N) is 1. The summed E-state index contributed by atoms with van der Waals surface area (Å²) in [5, 5.41) is 3.12. The molecule has 0 fully saturated rings. The van der Waals surface area contributed by atoms with Crippen LogP contribution >= 0.6 is 22.9 Å². The Morgan fingerprint density at radius 3 is 2.88 bits per heavy atom. The van der Waals surface area contributed by atoms with Gasteiger partial charge in [0.1, 0.15) is 5.01 Å². The number of carbonyl (C=O) groups is 1. The Morgan fingerprint density at radius 1 is 1.47 bits per heavy atom. The van der Waals surface area contributed by atoms with Gasteiger partial charge in [0.25, 0.3) is 0 Å². The van der Waals surface area contributed by atoms with Crippen LogP contribution in [0.5, 0.6) is 0 Å². The van der Waals surface area contributed by atoms with Gasteiger partial charge in [-0.15, -0.1) is 11.3 Å². The highest BCUT2D eigenvalue weighted by Crippen LogP contribution is 2.27. The molecule has 5 heteroatoms. The fraction of sp³-hybridized carbons (Fsp3) is 0.167. The fourth-order valence-corrected chi connectivity index (χ4v) is 2.30. The van der Waals surface area contributed by atoms with E-state index in [2.05, 4.69) is 9.72 Å². The number of ether oxygens (including phenoxy) is 1. The van der Waals surface area contributed by atoms with Crippen molar-refractivity contribution in [1.82, 2.24) is 4.98 Å². The van der Waals surface area contributed by atoms with Crippen molar-refractivity contribution in [1.29, 1.82) is 0 Å². The van der Waals surface area contributed by atoms with Crippen molar-refractivity contribution in [3.63, 3.8) is 0 Å². The summed E-state index contributed by atoms with van der Waals surface area (Å²) in [5.41, 5.74) is 2.24. The second-order valence-electron chi connectivity index (χ2n) is 3.49. The van der Waals surface area contributed by atoms with Gasteiger partial charge < -0.3 is 4.74 Å². The summed E-state index contributed by atoms with van der Waals surface area (Å²) < 4.78 is 4.61. The van der Waals surface area contributed by atoms with Crippen LogP contribution in [-0.4, -0.2) is 18.1 Å². The minimum Gasteiger partial charge on any atom is -0.464 e. The Kier molecular flexibility index (Phi) is 3.45. The lowest BCUT2D eigenvalue weighted by Crippen LogP contribution is -2.00. The summed E-state index contributed by atoms with van der Waals surface area (Å²) in [6, 6.07) is 5.70. The van der Waals surface area contributed by atoms with Crippen LogP contribution in [0.1, 0.15) is 16.1 Å². The molecule has 0 saturated carbocycles. The van der Waals surface area contributed by atoms with E-state index in [9.17, 15) is 4.79 Å². The number of halogens is 1. The highest BCUT2D eigenvalue weighted by Gasteiger charge is 2.12. The van der Waals surface area contributed by atoms with Gasteiger partial charge in [-0.1, -0.05) is 23.7 Å². The molecule has 0 amide bonds. The predicted octanol–water partition coefficient (Wildman–Crippen LogP) is 3.56. The third-order valence-corrected chi connectivity index (χ3v) is 3.62. The zero-order valence-corrected chi connectivity index (χ0v) is 10.9. The van der Waals surface area contributed by atoms with Crippen molar-refractivity contribution in [2.75, 3.05) is 7.11 Å². The smallest absolute Gasteiger partial charge is 0.357 e. The monoisotopic (exact) mass is 267 g/mol. The van der Waals surface area contributed by atoms with Gasteiger partial charge in [0.2, 0.25) is 0 Å². The SMILES string of the molecule is COC(=O)c1csc(-c2ccc(C)c(Cl)c2)n1. The number of thiazole rings is 1. The van der Waals surface area contributed by atoms with Gasteiger partial charge in [0, 0.05) is 16.0 Å². The van der Waals surface area contributed by atoms with Gasteiger partial charge in [0.05, 0.1) is 7.11 Å². The molecule has 88 valence electrons. The Labute approximate surface area is 108 Å². The molecule has 0 bridgehead atoms. The summed E-state index contributed by atoms with van der Waals surface area (Å²) in [7, 11) is 1.34. The lowest BCUT2D eigenvalue weighted by atomic mass is 10.1. The molecule has 0 spiro atoms. The quantitative estimate of drug-likeness (QED) is 0.781. The average Bonchev–Trinajstić information content (AvgIpc) is 2.81. The van der Waals surface area contributed by atoms with Gasteiger partial charge >= 0.3 is 5.97 Å². The zero-order chi connectivity index (χ0) is 12.4. The van der Waals surface area contributed by atoms with E-state index in [1.165, 1.54) is 18.4 Å². The number of rotatable bonds is 2. The van der Waals surface area contributed by atoms with E-state index in [0.29, 0.717) is 10.7 Å². The van der Waals surface area contributed by atoms with Crippen LogP contribution in [0.15, 0.2) is 23.6 Å². The third-order valence-electron chi connectivity index (χ3n) is 2.32. The Bertz CT molecular complexity index is 565. The Hall–Kier alpha value is -1.39. The summed E-state index contributed by atoms with van der Waals surface area (Å²) in [6.45, 7) is 1.94. The topological polar surface area (TPSA) is 39.2 Å². The second-order valence-corrected chi connectivity index (χ2v) is 4.76. The lowest BCUT2D eigenvalue weighted by molar-refractivity contribution is 0.0595. The largest absolute Gasteiger partial charge is 0.464 e. The summed E-state index contributed by atoms with van der Waals surface area (Å²) in [4.78, 5) is 15.5. The number of hydrogen-bond acceptors (Lipinski definition) is 4. The number of methoxy groups -OCH3 is 1. The maximum atomic E-state index is 11.3. The molecule has 0 aliphatic rings. The molecule has 0 atom stereocenters. The van der Waals surface area contributed by atoms with Gasteiger partial charge in [-0.3, -0.25) is 0 Å². The Morgan fingerprint density at radius 2 is 2.24 bits per heavy atom. The van der Waals surface area contributed by atoms with Crippen molar-refractivity contribution < 1.29 is 9.53 Å². The van der Waals surface area contributed by atoms with Crippen LogP contribution in [0.25, 0.3) is 10.6 Å². The van der Waals surface area contributed by atoms with E-state index in [0.717, 1.165) is 16.1 Å². The van der Waals surface area contributed by atoms with Gasteiger partial charge in [-0.2, -0.15) is 0 Å². The van der Waals surface area contributed by atoms with Crippen molar-refractivity contribution >= 4 is 28.9 Å². The average molecular weight is 268 g/mol. The molecule has 0 saturated heterocycles. The number of esters is 1. The van der Waals surface area contributed by atoms with Crippen LogP contribution in [0.4, 0.5) is 0 Å². The van der Waals surface area contributed by atoms with Crippen molar-refractivity contribution in [2.45, 2.75) is 6.92 Å². The highest BCUT2D eigenvalue weighted by atomic mass is 35.5. The summed E-state index contributed by atoms with van der Waals surface area (Å²) in [5.74, 6) is -0.425. The van der Waals surface area contributed by atoms with E-state index >= 15 is 0 Å². The number of carbonyl (C=O) groups excluding carboxylic acids is 1. The molecule has 3 nitrogen and oxygen atoms in total. The number of benzene rings is 1. The lowest BCUT2D eigenvalue weighted by Gasteiger charge is -2.00. The molecule has 1 aromatic carbocycles. The first kappa shape index (κ1) is 12.1. The Balaban J connectivity index is 2.37. The molecule has 0 unspecified atom stereocenters. The van der Waals surface area contributed by atoms with Crippen LogP contribution < -0.4 is 0 Å². The maximum absolute atomic E-state index is 11.3. The number of aromatic nitrogens is 1. The van der Waals surface area contributed by atoms with Crippen LogP contribution in [0, 0.1) is 6.92 Å². The minimum atomic E-state index is -0.425. The van der Waals surface area contributed by atoms with Crippen molar-refractivity contribution in [3.05, 3.63) is 39.9 Å². The summed E-state index contributed by atoms with van der Waals surface area (Å²) >= 11 is 7.44. The fourth-order valence-electron chi connectivity index (χ4n) is 1.33. The molecular weight excluding hydrogens is 258 g/mol. The van der Waals surface area contributed by atoms with E-state index in [-0.39, 0.29) is 0 Å². The molecule has 2 rings (SSSR count). The van der Waals surface area contributed by atoms with Crippen LogP contribution in [0.2, 0.25) is 5.02 Å². The number of hydrogen-bond donors (Lipinski definition) is 0.